The Balaban J connectivity index is 2.24. The third-order valence-electron chi connectivity index (χ3n) is 1.89. The summed E-state index contributed by atoms with van der Waals surface area (Å²) >= 11 is 0. The largest absolute Gasteiger partial charge is 0.359 e. The molecule has 0 aromatic carbocycles. The highest BCUT2D eigenvalue weighted by Gasteiger charge is 2.22. The van der Waals surface area contributed by atoms with Gasteiger partial charge in [0.2, 0.25) is 0 Å². The molecule has 0 radical (unpaired) electrons. The summed E-state index contributed by atoms with van der Waals surface area (Å²) in [6, 6.07) is 0. The number of hydrogen-bond donors (Lipinski definition) is 0. The zero-order valence-corrected chi connectivity index (χ0v) is 6.84. The minimum absolute atomic E-state index is 0.191. The summed E-state index contributed by atoms with van der Waals surface area (Å²) in [4.78, 5) is 11.1. The van der Waals surface area contributed by atoms with Crippen LogP contribution in [0.3, 0.4) is 0 Å². The molecular formula is C8H14O3. The van der Waals surface area contributed by atoms with Crippen LogP contribution in [0.15, 0.2) is 0 Å². The summed E-state index contributed by atoms with van der Waals surface area (Å²) in [5, 5.41) is 0. The predicted octanol–water partition coefficient (Wildman–Crippen LogP) is 1.12. The van der Waals surface area contributed by atoms with Crippen LogP contribution in [0.25, 0.3) is 0 Å². The maximum Gasteiger partial charge on any atom is 0.161 e. The van der Waals surface area contributed by atoms with Crippen molar-refractivity contribution in [3.63, 3.8) is 0 Å². The van der Waals surface area contributed by atoms with Crippen LogP contribution < -0.4 is 0 Å². The number of carbonyl (C=O) groups is 1. The molecule has 0 aromatic rings. The molecule has 0 aromatic heterocycles. The number of ketones is 1. The van der Waals surface area contributed by atoms with E-state index in [4.69, 9.17) is 9.47 Å². The Labute approximate surface area is 66.7 Å². The molecule has 11 heavy (non-hydrogen) atoms. The van der Waals surface area contributed by atoms with Gasteiger partial charge in [-0.1, -0.05) is 0 Å². The van der Waals surface area contributed by atoms with E-state index in [0.717, 1.165) is 19.3 Å². The van der Waals surface area contributed by atoms with Crippen LogP contribution in [-0.2, 0) is 14.3 Å². The van der Waals surface area contributed by atoms with E-state index in [2.05, 4.69) is 0 Å². The van der Waals surface area contributed by atoms with Gasteiger partial charge in [-0.3, -0.25) is 4.79 Å². The highest BCUT2D eigenvalue weighted by molar-refractivity contribution is 5.83. The Morgan fingerprint density at radius 1 is 1.55 bits per heavy atom. The quantitative estimate of drug-likeness (QED) is 0.577. The maximum atomic E-state index is 11.1. The molecule has 64 valence electrons. The lowest BCUT2D eigenvalue weighted by Crippen LogP contribution is -2.28. The van der Waals surface area contributed by atoms with Gasteiger partial charge in [0.1, 0.15) is 12.9 Å². The highest BCUT2D eigenvalue weighted by atomic mass is 16.7. The SMILES string of the molecule is COCOC1CCCCC1=O. The molecule has 1 atom stereocenters. The smallest absolute Gasteiger partial charge is 0.161 e. The van der Waals surface area contributed by atoms with E-state index in [9.17, 15) is 4.79 Å². The Bertz CT molecular complexity index is 133. The van der Waals surface area contributed by atoms with Gasteiger partial charge in [0.25, 0.3) is 0 Å². The van der Waals surface area contributed by atoms with E-state index >= 15 is 0 Å². The molecule has 1 aliphatic rings. The van der Waals surface area contributed by atoms with Gasteiger partial charge in [-0.15, -0.1) is 0 Å². The second kappa shape index (κ2) is 4.46. The van der Waals surface area contributed by atoms with Crippen LogP contribution in [-0.4, -0.2) is 25.8 Å². The first kappa shape index (κ1) is 8.68. The molecule has 0 heterocycles. The summed E-state index contributed by atoms with van der Waals surface area (Å²) in [7, 11) is 1.56. The van der Waals surface area contributed by atoms with E-state index in [-0.39, 0.29) is 18.7 Å². The standard InChI is InChI=1S/C8H14O3/c1-10-6-11-8-5-3-2-4-7(8)9/h8H,2-6H2,1H3. The number of hydrogen-bond acceptors (Lipinski definition) is 3. The minimum Gasteiger partial charge on any atom is -0.359 e. The second-order valence-corrected chi connectivity index (χ2v) is 2.77. The van der Waals surface area contributed by atoms with Gasteiger partial charge in [0.15, 0.2) is 5.78 Å². The number of carbonyl (C=O) groups excluding carboxylic acids is 1. The maximum absolute atomic E-state index is 11.1. The second-order valence-electron chi connectivity index (χ2n) is 2.77. The molecule has 1 rings (SSSR count). The van der Waals surface area contributed by atoms with Gasteiger partial charge in [-0.05, 0) is 19.3 Å². The van der Waals surface area contributed by atoms with Gasteiger partial charge < -0.3 is 9.47 Å². The zero-order valence-electron chi connectivity index (χ0n) is 6.84. The Kier molecular flexibility index (Phi) is 3.52. The molecule has 0 N–H and O–H groups in total. The van der Waals surface area contributed by atoms with Gasteiger partial charge in [-0.2, -0.15) is 0 Å². The number of Topliss-reactive ketones (excluding diaryl/α,β-unsaturated/α-hetero) is 1. The fourth-order valence-electron chi connectivity index (χ4n) is 1.28. The van der Waals surface area contributed by atoms with Crippen molar-refractivity contribution in [1.29, 1.82) is 0 Å². The molecular weight excluding hydrogens is 144 g/mol. The van der Waals surface area contributed by atoms with Crippen molar-refractivity contribution in [2.75, 3.05) is 13.9 Å². The van der Waals surface area contributed by atoms with Crippen LogP contribution in [0.1, 0.15) is 25.7 Å². The molecule has 1 fully saturated rings. The first-order chi connectivity index (χ1) is 5.34. The third kappa shape index (κ3) is 2.60. The first-order valence-electron chi connectivity index (χ1n) is 3.98. The van der Waals surface area contributed by atoms with Crippen molar-refractivity contribution >= 4 is 5.78 Å². The third-order valence-corrected chi connectivity index (χ3v) is 1.89. The fraction of sp³-hybridized carbons (Fsp3) is 0.875. The summed E-state index contributed by atoms with van der Waals surface area (Å²) < 4.78 is 9.89. The molecule has 3 heteroatoms. The van der Waals surface area contributed by atoms with E-state index in [0.29, 0.717) is 6.42 Å². The minimum atomic E-state index is -0.191. The van der Waals surface area contributed by atoms with Crippen LogP contribution in [0.2, 0.25) is 0 Å². The fourth-order valence-corrected chi connectivity index (χ4v) is 1.28. The van der Waals surface area contributed by atoms with Crippen LogP contribution in [0.4, 0.5) is 0 Å². The first-order valence-corrected chi connectivity index (χ1v) is 3.98. The highest BCUT2D eigenvalue weighted by Crippen LogP contribution is 2.16. The average molecular weight is 158 g/mol. The lowest BCUT2D eigenvalue weighted by molar-refractivity contribution is -0.142. The van der Waals surface area contributed by atoms with Crippen molar-refractivity contribution in [3.05, 3.63) is 0 Å². The van der Waals surface area contributed by atoms with Crippen LogP contribution in [0, 0.1) is 0 Å². The van der Waals surface area contributed by atoms with Crippen LogP contribution >= 0.6 is 0 Å². The van der Waals surface area contributed by atoms with Gasteiger partial charge in [0, 0.05) is 13.5 Å². The Hall–Kier alpha value is -0.410. The van der Waals surface area contributed by atoms with Gasteiger partial charge in [-0.25, -0.2) is 0 Å². The average Bonchev–Trinajstić information content (AvgIpc) is 2.03. The normalized spacial score (nSPS) is 25.5. The molecule has 1 aliphatic carbocycles. The Morgan fingerprint density at radius 2 is 2.36 bits per heavy atom. The van der Waals surface area contributed by atoms with Gasteiger partial charge >= 0.3 is 0 Å². The van der Waals surface area contributed by atoms with Crippen molar-refractivity contribution < 1.29 is 14.3 Å². The molecule has 0 aliphatic heterocycles. The monoisotopic (exact) mass is 158 g/mol. The molecule has 0 bridgehead atoms. The molecule has 1 unspecified atom stereocenters. The predicted molar refractivity (Wildman–Crippen MR) is 40.2 cm³/mol. The van der Waals surface area contributed by atoms with Crippen molar-refractivity contribution in [2.24, 2.45) is 0 Å². The zero-order chi connectivity index (χ0) is 8.10. The molecule has 3 nitrogen and oxygen atoms in total. The van der Waals surface area contributed by atoms with E-state index < -0.39 is 0 Å². The molecule has 0 spiro atoms. The van der Waals surface area contributed by atoms with E-state index in [1.165, 1.54) is 0 Å². The summed E-state index contributed by atoms with van der Waals surface area (Å²) in [6.07, 6.45) is 3.46. The van der Waals surface area contributed by atoms with Crippen molar-refractivity contribution in [3.8, 4) is 0 Å². The molecule has 0 amide bonds. The summed E-state index contributed by atoms with van der Waals surface area (Å²) in [5.41, 5.74) is 0. The van der Waals surface area contributed by atoms with Crippen molar-refractivity contribution in [2.45, 2.75) is 31.8 Å². The van der Waals surface area contributed by atoms with Gasteiger partial charge in [0.05, 0.1) is 0 Å². The topological polar surface area (TPSA) is 35.5 Å². The Morgan fingerprint density at radius 3 is 3.00 bits per heavy atom. The molecule has 1 saturated carbocycles. The van der Waals surface area contributed by atoms with E-state index in [1.807, 2.05) is 0 Å². The lowest BCUT2D eigenvalue weighted by Gasteiger charge is -2.19. The number of ether oxygens (including phenoxy) is 2. The molecule has 0 saturated heterocycles. The van der Waals surface area contributed by atoms with Crippen LogP contribution in [0.5, 0.6) is 0 Å². The number of rotatable bonds is 3. The van der Waals surface area contributed by atoms with E-state index in [1.54, 1.807) is 7.11 Å². The summed E-state index contributed by atoms with van der Waals surface area (Å²) in [6.45, 7) is 0.233. The summed E-state index contributed by atoms with van der Waals surface area (Å²) in [5.74, 6) is 0.230. The number of methoxy groups -OCH3 is 1. The lowest BCUT2D eigenvalue weighted by atomic mass is 9.96. The van der Waals surface area contributed by atoms with Crippen molar-refractivity contribution in [1.82, 2.24) is 0 Å².